The van der Waals surface area contributed by atoms with E-state index in [2.05, 4.69) is 9.80 Å². The molecular formula is C15H26N2O. The number of piperazine rings is 3. The molecular weight excluding hydrogens is 224 g/mol. The van der Waals surface area contributed by atoms with Crippen molar-refractivity contribution in [3.8, 4) is 0 Å². The highest BCUT2D eigenvalue weighted by Gasteiger charge is 2.42. The monoisotopic (exact) mass is 250 g/mol. The van der Waals surface area contributed by atoms with E-state index in [1.807, 2.05) is 0 Å². The number of aliphatic hydroxyl groups excluding tert-OH is 1. The predicted octanol–water partition coefficient (Wildman–Crippen LogP) is 1.17. The number of nitrogens with zero attached hydrogens (tertiary/aromatic N) is 2. The highest BCUT2D eigenvalue weighted by Crippen LogP contribution is 2.50. The number of hydrogen-bond donors (Lipinski definition) is 1. The van der Waals surface area contributed by atoms with Crippen molar-refractivity contribution in [2.24, 2.45) is 17.8 Å². The molecule has 0 aromatic heterocycles. The maximum absolute atomic E-state index is 10.6. The first-order valence-electron chi connectivity index (χ1n) is 7.94. The van der Waals surface area contributed by atoms with Crippen molar-refractivity contribution in [2.75, 3.05) is 32.7 Å². The number of aliphatic hydroxyl groups is 1. The molecule has 5 rings (SSSR count). The van der Waals surface area contributed by atoms with Gasteiger partial charge in [-0.05, 0) is 43.4 Å². The van der Waals surface area contributed by atoms with Crippen molar-refractivity contribution in [1.29, 1.82) is 0 Å². The van der Waals surface area contributed by atoms with Gasteiger partial charge in [0.05, 0.1) is 6.10 Å². The van der Waals surface area contributed by atoms with Crippen molar-refractivity contribution < 1.29 is 5.11 Å². The van der Waals surface area contributed by atoms with E-state index in [4.69, 9.17) is 0 Å². The van der Waals surface area contributed by atoms with Gasteiger partial charge in [-0.15, -0.1) is 0 Å². The summed E-state index contributed by atoms with van der Waals surface area (Å²) in [7, 11) is 0. The van der Waals surface area contributed by atoms with E-state index < -0.39 is 0 Å². The van der Waals surface area contributed by atoms with Crippen molar-refractivity contribution in [1.82, 2.24) is 9.80 Å². The Morgan fingerprint density at radius 2 is 1.89 bits per heavy atom. The van der Waals surface area contributed by atoms with E-state index in [1.165, 1.54) is 51.9 Å². The summed E-state index contributed by atoms with van der Waals surface area (Å²) in [6.45, 7) is 5.91. The molecule has 3 saturated heterocycles. The van der Waals surface area contributed by atoms with E-state index in [9.17, 15) is 5.11 Å². The van der Waals surface area contributed by atoms with Crippen LogP contribution in [0.4, 0.5) is 0 Å². The average molecular weight is 250 g/mol. The summed E-state index contributed by atoms with van der Waals surface area (Å²) >= 11 is 0. The maximum Gasteiger partial charge on any atom is 0.0710 e. The predicted molar refractivity (Wildman–Crippen MR) is 71.4 cm³/mol. The standard InChI is InChI=1S/C15H26N2O/c18-15(9-13-8-11-1-2-12(13)7-11)14-10-16-3-5-17(14)6-4-16/h11-15,18H,1-10H2. The van der Waals surface area contributed by atoms with Gasteiger partial charge in [0, 0.05) is 38.8 Å². The summed E-state index contributed by atoms with van der Waals surface area (Å²) in [5, 5.41) is 10.6. The molecule has 0 aromatic carbocycles. The summed E-state index contributed by atoms with van der Waals surface area (Å²) in [6, 6.07) is 0.437. The largest absolute Gasteiger partial charge is 0.391 e. The Bertz CT molecular complexity index is 314. The van der Waals surface area contributed by atoms with Gasteiger partial charge in [-0.2, -0.15) is 0 Å². The normalized spacial score (nSPS) is 51.8. The smallest absolute Gasteiger partial charge is 0.0710 e. The van der Waals surface area contributed by atoms with Gasteiger partial charge in [0.2, 0.25) is 0 Å². The molecule has 5 fully saturated rings. The van der Waals surface area contributed by atoms with E-state index in [-0.39, 0.29) is 6.10 Å². The van der Waals surface area contributed by atoms with Crippen molar-refractivity contribution in [2.45, 2.75) is 44.2 Å². The highest BCUT2D eigenvalue weighted by atomic mass is 16.3. The molecule has 4 bridgehead atoms. The third-order valence-corrected chi connectivity index (χ3v) is 6.19. The molecule has 2 aliphatic carbocycles. The fourth-order valence-electron chi connectivity index (χ4n) is 5.16. The molecule has 1 N–H and O–H groups in total. The zero-order valence-electron chi connectivity index (χ0n) is 11.3. The lowest BCUT2D eigenvalue weighted by molar-refractivity contribution is -0.0545. The van der Waals surface area contributed by atoms with Gasteiger partial charge in [-0.25, -0.2) is 0 Å². The molecule has 5 atom stereocenters. The van der Waals surface area contributed by atoms with Crippen LogP contribution >= 0.6 is 0 Å². The molecule has 2 saturated carbocycles. The lowest BCUT2D eigenvalue weighted by atomic mass is 9.83. The minimum Gasteiger partial charge on any atom is -0.391 e. The van der Waals surface area contributed by atoms with Gasteiger partial charge in [0.1, 0.15) is 0 Å². The summed E-state index contributed by atoms with van der Waals surface area (Å²) < 4.78 is 0. The number of fused-ring (bicyclic) bond motifs is 5. The second-order valence-corrected chi connectivity index (χ2v) is 7.14. The first-order valence-corrected chi connectivity index (χ1v) is 7.94. The third kappa shape index (κ3) is 1.91. The maximum atomic E-state index is 10.6. The zero-order valence-corrected chi connectivity index (χ0v) is 11.3. The summed E-state index contributed by atoms with van der Waals surface area (Å²) in [6.07, 6.45) is 6.81. The van der Waals surface area contributed by atoms with E-state index >= 15 is 0 Å². The van der Waals surface area contributed by atoms with Gasteiger partial charge in [-0.1, -0.05) is 6.42 Å². The highest BCUT2D eigenvalue weighted by molar-refractivity contribution is 4.96. The number of hydrogen-bond acceptors (Lipinski definition) is 3. The Morgan fingerprint density at radius 1 is 1.06 bits per heavy atom. The SMILES string of the molecule is OC(CC1CC2CCC1C2)C1CN2CCN1CC2. The summed E-state index contributed by atoms with van der Waals surface area (Å²) in [5.41, 5.74) is 0. The fraction of sp³-hybridized carbons (Fsp3) is 1.00. The van der Waals surface area contributed by atoms with Gasteiger partial charge < -0.3 is 5.11 Å². The van der Waals surface area contributed by atoms with Crippen molar-refractivity contribution >= 4 is 0 Å². The molecule has 3 heterocycles. The Morgan fingerprint density at radius 3 is 2.44 bits per heavy atom. The molecule has 0 aromatic rings. The first kappa shape index (κ1) is 11.7. The second-order valence-electron chi connectivity index (χ2n) is 7.14. The van der Waals surface area contributed by atoms with E-state index in [0.717, 1.165) is 30.7 Å². The zero-order chi connectivity index (χ0) is 12.1. The van der Waals surface area contributed by atoms with Crippen LogP contribution in [0.15, 0.2) is 0 Å². The Labute approximate surface area is 110 Å². The van der Waals surface area contributed by atoms with Crippen molar-refractivity contribution in [3.63, 3.8) is 0 Å². The quantitative estimate of drug-likeness (QED) is 0.814. The molecule has 18 heavy (non-hydrogen) atoms. The minimum atomic E-state index is -0.0718. The fourth-order valence-corrected chi connectivity index (χ4v) is 5.16. The van der Waals surface area contributed by atoms with E-state index in [0.29, 0.717) is 6.04 Å². The van der Waals surface area contributed by atoms with Crippen LogP contribution in [0, 0.1) is 17.8 Å². The minimum absolute atomic E-state index is 0.0718. The molecule has 5 unspecified atom stereocenters. The van der Waals surface area contributed by atoms with E-state index in [1.54, 1.807) is 0 Å². The molecule has 3 nitrogen and oxygen atoms in total. The van der Waals surface area contributed by atoms with Gasteiger partial charge >= 0.3 is 0 Å². The van der Waals surface area contributed by atoms with Gasteiger partial charge in [0.15, 0.2) is 0 Å². The Kier molecular flexibility index (Phi) is 2.90. The molecule has 0 amide bonds. The third-order valence-electron chi connectivity index (χ3n) is 6.19. The molecule has 102 valence electrons. The van der Waals surface area contributed by atoms with Crippen LogP contribution < -0.4 is 0 Å². The Balaban J connectivity index is 1.37. The van der Waals surface area contributed by atoms with Crippen LogP contribution in [-0.2, 0) is 0 Å². The van der Waals surface area contributed by atoms with Crippen molar-refractivity contribution in [3.05, 3.63) is 0 Å². The molecule has 0 spiro atoms. The van der Waals surface area contributed by atoms with Crippen LogP contribution in [-0.4, -0.2) is 59.8 Å². The molecule has 0 radical (unpaired) electrons. The van der Waals surface area contributed by atoms with Crippen LogP contribution in [0.5, 0.6) is 0 Å². The average Bonchev–Trinajstić information content (AvgIpc) is 3.02. The summed E-state index contributed by atoms with van der Waals surface area (Å²) in [4.78, 5) is 5.08. The van der Waals surface area contributed by atoms with Crippen LogP contribution in [0.2, 0.25) is 0 Å². The van der Waals surface area contributed by atoms with Crippen LogP contribution in [0.1, 0.15) is 32.1 Å². The summed E-state index contributed by atoms with van der Waals surface area (Å²) in [5.74, 6) is 2.82. The second kappa shape index (κ2) is 4.46. The number of rotatable bonds is 3. The Hall–Kier alpha value is -0.120. The molecule has 3 heteroatoms. The molecule has 5 aliphatic rings. The topological polar surface area (TPSA) is 26.7 Å². The lowest BCUT2D eigenvalue weighted by Gasteiger charge is -2.49. The molecule has 3 aliphatic heterocycles. The van der Waals surface area contributed by atoms with Gasteiger partial charge in [-0.3, -0.25) is 9.80 Å². The van der Waals surface area contributed by atoms with Crippen LogP contribution in [0.25, 0.3) is 0 Å². The van der Waals surface area contributed by atoms with Crippen LogP contribution in [0.3, 0.4) is 0 Å². The first-order chi connectivity index (χ1) is 8.79. The lowest BCUT2D eigenvalue weighted by Crippen LogP contribution is -2.64. The van der Waals surface area contributed by atoms with Gasteiger partial charge in [0.25, 0.3) is 0 Å².